The fourth-order valence-corrected chi connectivity index (χ4v) is 3.74. The number of Topliss-reactive ketones (excluding diaryl/α,β-unsaturated/α-hetero) is 1. The Bertz CT molecular complexity index is 879. The molecule has 1 amide bonds. The largest absolute Gasteiger partial charge is 0.490 e. The average molecular weight is 460 g/mol. The molecule has 0 aliphatic carbocycles. The van der Waals surface area contributed by atoms with Crippen molar-refractivity contribution in [3.8, 4) is 11.5 Å². The van der Waals surface area contributed by atoms with Crippen LogP contribution >= 0.6 is 15.9 Å². The molecular formula is C23H26BrNO4. The third kappa shape index (κ3) is 5.38. The van der Waals surface area contributed by atoms with Crippen LogP contribution in [0.5, 0.6) is 11.5 Å². The molecule has 2 aromatic rings. The van der Waals surface area contributed by atoms with Gasteiger partial charge >= 0.3 is 0 Å². The van der Waals surface area contributed by atoms with Gasteiger partial charge in [-0.15, -0.1) is 0 Å². The molecule has 0 saturated heterocycles. The third-order valence-electron chi connectivity index (χ3n) is 4.96. The van der Waals surface area contributed by atoms with E-state index in [1.807, 2.05) is 43.0 Å². The number of hydrogen-bond acceptors (Lipinski definition) is 4. The molecule has 1 heterocycles. The van der Waals surface area contributed by atoms with Crippen LogP contribution < -0.4 is 9.47 Å². The van der Waals surface area contributed by atoms with Gasteiger partial charge in [0.05, 0.1) is 13.2 Å². The molecule has 0 unspecified atom stereocenters. The summed E-state index contributed by atoms with van der Waals surface area (Å²) in [5, 5.41) is 0. The zero-order chi connectivity index (χ0) is 20.8. The van der Waals surface area contributed by atoms with Crippen molar-refractivity contribution in [2.75, 3.05) is 19.8 Å². The fraction of sp³-hybridized carbons (Fsp3) is 0.391. The second kappa shape index (κ2) is 9.92. The molecule has 1 aliphatic heterocycles. The van der Waals surface area contributed by atoms with Gasteiger partial charge in [0.25, 0.3) is 0 Å². The first kappa shape index (κ1) is 21.4. The Morgan fingerprint density at radius 3 is 2.21 bits per heavy atom. The first-order valence-corrected chi connectivity index (χ1v) is 10.8. The molecule has 0 radical (unpaired) electrons. The van der Waals surface area contributed by atoms with Crippen LogP contribution in [-0.2, 0) is 17.8 Å². The minimum Gasteiger partial charge on any atom is -0.490 e. The Kier molecular flexibility index (Phi) is 7.31. The van der Waals surface area contributed by atoms with Crippen molar-refractivity contribution in [2.24, 2.45) is 0 Å². The van der Waals surface area contributed by atoms with E-state index in [4.69, 9.17) is 9.47 Å². The van der Waals surface area contributed by atoms with Crippen LogP contribution in [0.4, 0.5) is 0 Å². The number of carbonyl (C=O) groups excluding carboxylic acids is 2. The molecule has 29 heavy (non-hydrogen) atoms. The maximum Gasteiger partial charge on any atom is 0.223 e. The lowest BCUT2D eigenvalue weighted by molar-refractivity contribution is -0.132. The second-order valence-corrected chi connectivity index (χ2v) is 7.84. The van der Waals surface area contributed by atoms with Crippen molar-refractivity contribution < 1.29 is 19.1 Å². The third-order valence-corrected chi connectivity index (χ3v) is 5.49. The molecule has 0 saturated carbocycles. The van der Waals surface area contributed by atoms with E-state index in [2.05, 4.69) is 15.9 Å². The van der Waals surface area contributed by atoms with Crippen molar-refractivity contribution in [3.05, 3.63) is 57.6 Å². The number of nitrogens with zero attached hydrogens (tertiary/aromatic N) is 1. The highest BCUT2D eigenvalue weighted by Crippen LogP contribution is 2.34. The van der Waals surface area contributed by atoms with Crippen LogP contribution in [-0.4, -0.2) is 36.3 Å². The molecule has 0 N–H and O–H groups in total. The molecule has 2 aromatic carbocycles. The summed E-state index contributed by atoms with van der Waals surface area (Å²) in [6, 6.07) is 11.2. The first-order valence-electron chi connectivity index (χ1n) is 9.99. The normalized spacial score (nSPS) is 13.0. The lowest BCUT2D eigenvalue weighted by Gasteiger charge is -2.30. The maximum absolute atomic E-state index is 12.7. The number of fused-ring (bicyclic) bond motifs is 1. The first-order chi connectivity index (χ1) is 14.0. The zero-order valence-corrected chi connectivity index (χ0v) is 18.5. The van der Waals surface area contributed by atoms with Gasteiger partial charge in [0.15, 0.2) is 17.3 Å². The number of carbonyl (C=O) groups is 2. The SMILES string of the molecule is CCOc1cc2c(cc1OCC)CN(C(=O)CCC(=O)c1ccc(Br)cc1)CC2. The van der Waals surface area contributed by atoms with Gasteiger partial charge in [-0.05, 0) is 55.7 Å². The predicted octanol–water partition coefficient (Wildman–Crippen LogP) is 4.79. The van der Waals surface area contributed by atoms with Gasteiger partial charge in [0.2, 0.25) is 5.91 Å². The van der Waals surface area contributed by atoms with E-state index in [1.165, 1.54) is 5.56 Å². The molecule has 5 nitrogen and oxygen atoms in total. The molecule has 154 valence electrons. The summed E-state index contributed by atoms with van der Waals surface area (Å²) in [6.45, 7) is 6.21. The molecular weight excluding hydrogens is 434 g/mol. The number of hydrogen-bond donors (Lipinski definition) is 0. The highest BCUT2D eigenvalue weighted by molar-refractivity contribution is 9.10. The number of benzene rings is 2. The standard InChI is InChI=1S/C23H26BrNO4/c1-3-28-21-13-17-11-12-25(15-18(17)14-22(21)29-4-2)23(27)10-9-20(26)16-5-7-19(24)8-6-16/h5-8,13-14H,3-4,9-12,15H2,1-2H3. The van der Waals surface area contributed by atoms with E-state index < -0.39 is 0 Å². The summed E-state index contributed by atoms with van der Waals surface area (Å²) in [5.74, 6) is 1.47. The summed E-state index contributed by atoms with van der Waals surface area (Å²) in [6.07, 6.45) is 1.21. The summed E-state index contributed by atoms with van der Waals surface area (Å²) in [5.41, 5.74) is 2.90. The minimum absolute atomic E-state index is 0.00737. The molecule has 3 rings (SSSR count). The number of rotatable bonds is 8. The number of ketones is 1. The van der Waals surface area contributed by atoms with Crippen LogP contribution in [0.15, 0.2) is 40.9 Å². The summed E-state index contributed by atoms with van der Waals surface area (Å²) >= 11 is 3.36. The van der Waals surface area contributed by atoms with Gasteiger partial charge in [-0.3, -0.25) is 9.59 Å². The molecule has 0 bridgehead atoms. The Hall–Kier alpha value is -2.34. The van der Waals surface area contributed by atoms with Crippen molar-refractivity contribution in [2.45, 2.75) is 39.7 Å². The molecule has 1 aliphatic rings. The summed E-state index contributed by atoms with van der Waals surface area (Å²) in [4.78, 5) is 26.9. The van der Waals surface area contributed by atoms with Gasteiger partial charge in [-0.1, -0.05) is 28.1 Å². The number of ether oxygens (including phenoxy) is 2. The predicted molar refractivity (Wildman–Crippen MR) is 116 cm³/mol. The summed E-state index contributed by atoms with van der Waals surface area (Å²) < 4.78 is 12.3. The van der Waals surface area contributed by atoms with E-state index in [1.54, 1.807) is 12.1 Å². The molecule has 0 spiro atoms. The monoisotopic (exact) mass is 459 g/mol. The van der Waals surface area contributed by atoms with Crippen molar-refractivity contribution in [3.63, 3.8) is 0 Å². The van der Waals surface area contributed by atoms with Gasteiger partial charge in [-0.25, -0.2) is 0 Å². The lowest BCUT2D eigenvalue weighted by Crippen LogP contribution is -2.36. The molecule has 0 atom stereocenters. The van der Waals surface area contributed by atoms with Gasteiger partial charge in [0, 0.05) is 36.0 Å². The fourth-order valence-electron chi connectivity index (χ4n) is 3.47. The van der Waals surface area contributed by atoms with E-state index in [9.17, 15) is 9.59 Å². The smallest absolute Gasteiger partial charge is 0.223 e. The average Bonchev–Trinajstić information content (AvgIpc) is 2.72. The Labute approximate surface area is 180 Å². The Morgan fingerprint density at radius 2 is 1.59 bits per heavy atom. The van der Waals surface area contributed by atoms with Gasteiger partial charge < -0.3 is 14.4 Å². The molecule has 0 aromatic heterocycles. The quantitative estimate of drug-likeness (QED) is 0.532. The van der Waals surface area contributed by atoms with Crippen LogP contribution in [0.2, 0.25) is 0 Å². The molecule has 6 heteroatoms. The van der Waals surface area contributed by atoms with Crippen LogP contribution in [0.3, 0.4) is 0 Å². The Balaban J connectivity index is 1.63. The number of halogens is 1. The highest BCUT2D eigenvalue weighted by atomic mass is 79.9. The maximum atomic E-state index is 12.7. The van der Waals surface area contributed by atoms with E-state index in [-0.39, 0.29) is 24.5 Å². The van der Waals surface area contributed by atoms with Gasteiger partial charge in [0.1, 0.15) is 0 Å². The van der Waals surface area contributed by atoms with Crippen molar-refractivity contribution in [1.29, 1.82) is 0 Å². The Morgan fingerprint density at radius 1 is 0.966 bits per heavy atom. The minimum atomic E-state index is -0.0109. The lowest BCUT2D eigenvalue weighted by atomic mass is 9.98. The van der Waals surface area contributed by atoms with E-state index >= 15 is 0 Å². The van der Waals surface area contributed by atoms with Gasteiger partial charge in [-0.2, -0.15) is 0 Å². The molecule has 0 fully saturated rings. The van der Waals surface area contributed by atoms with Crippen molar-refractivity contribution >= 4 is 27.6 Å². The topological polar surface area (TPSA) is 55.8 Å². The van der Waals surface area contributed by atoms with Crippen molar-refractivity contribution in [1.82, 2.24) is 4.90 Å². The van der Waals surface area contributed by atoms with Crippen LogP contribution in [0, 0.1) is 0 Å². The highest BCUT2D eigenvalue weighted by Gasteiger charge is 2.23. The van der Waals surface area contributed by atoms with Crippen LogP contribution in [0.25, 0.3) is 0 Å². The van der Waals surface area contributed by atoms with Crippen LogP contribution in [0.1, 0.15) is 48.2 Å². The van der Waals surface area contributed by atoms with E-state index in [0.717, 1.165) is 22.2 Å². The number of amides is 1. The zero-order valence-electron chi connectivity index (χ0n) is 16.9. The van der Waals surface area contributed by atoms with E-state index in [0.29, 0.717) is 37.6 Å². The summed E-state index contributed by atoms with van der Waals surface area (Å²) in [7, 11) is 0. The second-order valence-electron chi connectivity index (χ2n) is 6.93.